The molecule has 20 heavy (non-hydrogen) atoms. The van der Waals surface area contributed by atoms with Gasteiger partial charge in [-0.05, 0) is 44.2 Å². The molecule has 0 aliphatic carbocycles. The molecule has 2 heterocycles. The lowest BCUT2D eigenvalue weighted by Crippen LogP contribution is -2.07. The molecule has 1 aromatic carbocycles. The molecule has 5 nitrogen and oxygen atoms in total. The van der Waals surface area contributed by atoms with Gasteiger partial charge in [-0.1, -0.05) is 5.21 Å². The number of aromatic carboxylic acids is 1. The Bertz CT molecular complexity index is 791. The van der Waals surface area contributed by atoms with E-state index in [2.05, 4.69) is 29.4 Å². The van der Waals surface area contributed by atoms with Gasteiger partial charge in [0, 0.05) is 9.75 Å². The van der Waals surface area contributed by atoms with Gasteiger partial charge in [0.25, 0.3) is 0 Å². The van der Waals surface area contributed by atoms with Gasteiger partial charge in [-0.2, -0.15) is 0 Å². The van der Waals surface area contributed by atoms with Crippen molar-refractivity contribution in [2.45, 2.75) is 19.9 Å². The van der Waals surface area contributed by atoms with Crippen molar-refractivity contribution in [2.24, 2.45) is 0 Å². The van der Waals surface area contributed by atoms with E-state index in [4.69, 9.17) is 5.11 Å². The van der Waals surface area contributed by atoms with E-state index in [1.165, 1.54) is 9.75 Å². The molecule has 0 spiro atoms. The Morgan fingerprint density at radius 1 is 1.35 bits per heavy atom. The van der Waals surface area contributed by atoms with Gasteiger partial charge in [0.1, 0.15) is 5.52 Å². The number of fused-ring (bicyclic) bond motifs is 1. The van der Waals surface area contributed by atoms with E-state index in [0.29, 0.717) is 5.52 Å². The Morgan fingerprint density at radius 2 is 2.15 bits per heavy atom. The molecule has 0 bridgehead atoms. The quantitative estimate of drug-likeness (QED) is 0.803. The second-order valence-corrected chi connectivity index (χ2v) is 5.99. The number of carboxylic acids is 1. The Morgan fingerprint density at radius 3 is 2.80 bits per heavy atom. The normalized spacial score (nSPS) is 12.7. The number of aromatic nitrogens is 3. The molecule has 1 unspecified atom stereocenters. The van der Waals surface area contributed by atoms with Gasteiger partial charge in [0.2, 0.25) is 0 Å². The molecule has 6 heteroatoms. The molecule has 1 N–H and O–H groups in total. The fourth-order valence-electron chi connectivity index (χ4n) is 2.15. The van der Waals surface area contributed by atoms with Crippen molar-refractivity contribution < 1.29 is 9.90 Å². The third-order valence-electron chi connectivity index (χ3n) is 3.26. The highest BCUT2D eigenvalue weighted by Crippen LogP contribution is 2.27. The molecule has 0 saturated heterocycles. The number of hydrogen-bond acceptors (Lipinski definition) is 4. The lowest BCUT2D eigenvalue weighted by atomic mass is 10.2. The van der Waals surface area contributed by atoms with Crippen LogP contribution in [0.25, 0.3) is 11.0 Å². The summed E-state index contributed by atoms with van der Waals surface area (Å²) in [5.74, 6) is -0.945. The maximum absolute atomic E-state index is 11.1. The van der Waals surface area contributed by atoms with Gasteiger partial charge in [-0.3, -0.25) is 0 Å². The SMILES string of the molecule is Cc1ccc(C(C)n2nnc3ccc(C(=O)O)cc32)s1. The van der Waals surface area contributed by atoms with E-state index in [-0.39, 0.29) is 11.6 Å². The minimum absolute atomic E-state index is 0.0303. The van der Waals surface area contributed by atoms with Crippen LogP contribution in [0.15, 0.2) is 30.3 Å². The van der Waals surface area contributed by atoms with E-state index in [1.807, 2.05) is 6.92 Å². The molecule has 0 aliphatic heterocycles. The van der Waals surface area contributed by atoms with Crippen LogP contribution in [-0.4, -0.2) is 26.1 Å². The Kier molecular flexibility index (Phi) is 3.02. The van der Waals surface area contributed by atoms with E-state index in [9.17, 15) is 4.79 Å². The molecule has 0 saturated carbocycles. The largest absolute Gasteiger partial charge is 0.478 e. The summed E-state index contributed by atoms with van der Waals surface area (Å²) in [4.78, 5) is 13.5. The first-order chi connectivity index (χ1) is 9.56. The molecule has 2 aromatic heterocycles. The lowest BCUT2D eigenvalue weighted by molar-refractivity contribution is 0.0697. The first-order valence-corrected chi connectivity index (χ1v) is 7.02. The summed E-state index contributed by atoms with van der Waals surface area (Å²) in [5.41, 5.74) is 1.69. The predicted molar refractivity (Wildman–Crippen MR) is 77.4 cm³/mol. The standard InChI is InChI=1S/C14H13N3O2S/c1-8-3-6-13(20-8)9(2)17-12-7-10(14(18)19)4-5-11(12)15-16-17/h3-7,9H,1-2H3,(H,18,19). The van der Waals surface area contributed by atoms with E-state index >= 15 is 0 Å². The molecule has 1 atom stereocenters. The Labute approximate surface area is 119 Å². The maximum atomic E-state index is 11.1. The van der Waals surface area contributed by atoms with E-state index < -0.39 is 5.97 Å². The van der Waals surface area contributed by atoms with Crippen LogP contribution in [0.1, 0.15) is 33.1 Å². The second-order valence-electron chi connectivity index (χ2n) is 4.67. The summed E-state index contributed by atoms with van der Waals surface area (Å²) in [6.07, 6.45) is 0. The summed E-state index contributed by atoms with van der Waals surface area (Å²) < 4.78 is 1.77. The average molecular weight is 287 g/mol. The number of nitrogens with zero attached hydrogens (tertiary/aromatic N) is 3. The number of rotatable bonds is 3. The predicted octanol–water partition coefficient (Wildman–Crippen LogP) is 3.11. The average Bonchev–Trinajstić information content (AvgIpc) is 3.03. The van der Waals surface area contributed by atoms with Crippen molar-refractivity contribution in [3.8, 4) is 0 Å². The summed E-state index contributed by atoms with van der Waals surface area (Å²) in [5, 5.41) is 17.3. The summed E-state index contributed by atoms with van der Waals surface area (Å²) in [7, 11) is 0. The van der Waals surface area contributed by atoms with Crippen molar-refractivity contribution >= 4 is 28.3 Å². The Hall–Kier alpha value is -2.21. The molecule has 3 rings (SSSR count). The van der Waals surface area contributed by atoms with Gasteiger partial charge in [0.15, 0.2) is 0 Å². The van der Waals surface area contributed by atoms with E-state index in [1.54, 1.807) is 34.2 Å². The fourth-order valence-corrected chi connectivity index (χ4v) is 3.07. The van der Waals surface area contributed by atoms with Crippen LogP contribution in [0.3, 0.4) is 0 Å². The second kappa shape index (κ2) is 4.72. The monoisotopic (exact) mass is 287 g/mol. The van der Waals surface area contributed by atoms with Crippen LogP contribution in [0.4, 0.5) is 0 Å². The number of hydrogen-bond donors (Lipinski definition) is 1. The minimum atomic E-state index is -0.945. The van der Waals surface area contributed by atoms with Crippen LogP contribution in [0.5, 0.6) is 0 Å². The highest BCUT2D eigenvalue weighted by Gasteiger charge is 2.16. The van der Waals surface area contributed by atoms with E-state index in [0.717, 1.165) is 5.52 Å². The van der Waals surface area contributed by atoms with Gasteiger partial charge in [0.05, 0.1) is 17.1 Å². The highest BCUT2D eigenvalue weighted by molar-refractivity contribution is 7.12. The van der Waals surface area contributed by atoms with Crippen molar-refractivity contribution in [3.63, 3.8) is 0 Å². The number of carboxylic acid groups (broad SMARTS) is 1. The van der Waals surface area contributed by atoms with Crippen molar-refractivity contribution in [3.05, 3.63) is 45.6 Å². The molecule has 0 aliphatic rings. The van der Waals surface area contributed by atoms with Crippen LogP contribution in [0, 0.1) is 6.92 Å². The first-order valence-electron chi connectivity index (χ1n) is 6.21. The molecule has 0 amide bonds. The first kappa shape index (κ1) is 12.8. The molecule has 0 fully saturated rings. The smallest absolute Gasteiger partial charge is 0.335 e. The topological polar surface area (TPSA) is 68.0 Å². The fraction of sp³-hybridized carbons (Fsp3) is 0.214. The maximum Gasteiger partial charge on any atom is 0.335 e. The minimum Gasteiger partial charge on any atom is -0.478 e. The third kappa shape index (κ3) is 2.08. The van der Waals surface area contributed by atoms with Gasteiger partial charge < -0.3 is 5.11 Å². The number of carbonyl (C=O) groups is 1. The molecule has 102 valence electrons. The third-order valence-corrected chi connectivity index (χ3v) is 4.43. The van der Waals surface area contributed by atoms with Crippen molar-refractivity contribution in [1.82, 2.24) is 15.0 Å². The van der Waals surface area contributed by atoms with Gasteiger partial charge in [-0.25, -0.2) is 9.48 Å². The number of thiophene rings is 1. The molecular formula is C14H13N3O2S. The summed E-state index contributed by atoms with van der Waals surface area (Å²) in [6, 6.07) is 9.02. The summed E-state index contributed by atoms with van der Waals surface area (Å²) in [6.45, 7) is 4.09. The van der Waals surface area contributed by atoms with Crippen molar-refractivity contribution in [1.29, 1.82) is 0 Å². The van der Waals surface area contributed by atoms with Crippen LogP contribution in [0.2, 0.25) is 0 Å². The lowest BCUT2D eigenvalue weighted by Gasteiger charge is -2.10. The van der Waals surface area contributed by atoms with Crippen LogP contribution in [-0.2, 0) is 0 Å². The number of benzene rings is 1. The Balaban J connectivity index is 2.11. The van der Waals surface area contributed by atoms with Crippen LogP contribution >= 0.6 is 11.3 Å². The van der Waals surface area contributed by atoms with Gasteiger partial charge >= 0.3 is 5.97 Å². The zero-order valence-electron chi connectivity index (χ0n) is 11.1. The summed E-state index contributed by atoms with van der Waals surface area (Å²) >= 11 is 1.71. The number of aryl methyl sites for hydroxylation is 1. The zero-order chi connectivity index (χ0) is 14.3. The van der Waals surface area contributed by atoms with Crippen LogP contribution < -0.4 is 0 Å². The highest BCUT2D eigenvalue weighted by atomic mass is 32.1. The van der Waals surface area contributed by atoms with Crippen molar-refractivity contribution in [2.75, 3.05) is 0 Å². The molecular weight excluding hydrogens is 274 g/mol. The zero-order valence-corrected chi connectivity index (χ0v) is 11.9. The molecule has 3 aromatic rings. The molecule has 0 radical (unpaired) electrons. The van der Waals surface area contributed by atoms with Gasteiger partial charge in [-0.15, -0.1) is 16.4 Å².